The van der Waals surface area contributed by atoms with E-state index in [-0.39, 0.29) is 0 Å². The lowest BCUT2D eigenvalue weighted by Crippen LogP contribution is -2.21. The number of aryl methyl sites for hydroxylation is 1. The predicted octanol–water partition coefficient (Wildman–Crippen LogP) is 2.16. The van der Waals surface area contributed by atoms with Crippen LogP contribution in [0, 0.1) is 6.92 Å². The summed E-state index contributed by atoms with van der Waals surface area (Å²) >= 11 is 0. The van der Waals surface area contributed by atoms with Gasteiger partial charge in [0.05, 0.1) is 18.2 Å². The van der Waals surface area contributed by atoms with Gasteiger partial charge < -0.3 is 20.5 Å². The fourth-order valence-corrected chi connectivity index (χ4v) is 2.02. The van der Waals surface area contributed by atoms with Gasteiger partial charge in [-0.15, -0.1) is 0 Å². The molecule has 0 aliphatic rings. The van der Waals surface area contributed by atoms with Gasteiger partial charge in [-0.3, -0.25) is 4.79 Å². The molecule has 0 heterocycles. The van der Waals surface area contributed by atoms with Crippen LogP contribution >= 0.6 is 0 Å². The summed E-state index contributed by atoms with van der Waals surface area (Å²) in [5.74, 6) is -1.66. The lowest BCUT2D eigenvalue weighted by Gasteiger charge is -2.10. The van der Waals surface area contributed by atoms with Crippen molar-refractivity contribution in [3.05, 3.63) is 59.2 Å². The normalized spacial score (nSPS) is 10.0. The van der Waals surface area contributed by atoms with Gasteiger partial charge in [0.25, 0.3) is 5.91 Å². The van der Waals surface area contributed by atoms with Crippen LogP contribution in [0.25, 0.3) is 0 Å². The third-order valence-electron chi connectivity index (χ3n) is 3.41. The third kappa shape index (κ3) is 4.81. The Labute approximate surface area is 144 Å². The highest BCUT2D eigenvalue weighted by Gasteiger charge is 2.13. The Morgan fingerprint density at radius 1 is 1.00 bits per heavy atom. The highest BCUT2D eigenvalue weighted by atomic mass is 16.5. The van der Waals surface area contributed by atoms with E-state index in [2.05, 4.69) is 10.1 Å². The average Bonchev–Trinajstić information content (AvgIpc) is 2.61. The van der Waals surface area contributed by atoms with E-state index in [9.17, 15) is 14.4 Å². The number of nitrogen functional groups attached to an aromatic ring is 1. The highest BCUT2D eigenvalue weighted by Crippen LogP contribution is 2.17. The Kier molecular flexibility index (Phi) is 5.73. The Morgan fingerprint density at radius 2 is 1.64 bits per heavy atom. The number of carbonyl (C=O) groups is 3. The predicted molar refractivity (Wildman–Crippen MR) is 92.3 cm³/mol. The van der Waals surface area contributed by atoms with Crippen molar-refractivity contribution in [2.75, 3.05) is 24.8 Å². The van der Waals surface area contributed by atoms with E-state index in [4.69, 9.17) is 10.5 Å². The minimum Gasteiger partial charge on any atom is -0.465 e. The second kappa shape index (κ2) is 7.96. The summed E-state index contributed by atoms with van der Waals surface area (Å²) in [6.45, 7) is 1.32. The van der Waals surface area contributed by atoms with E-state index >= 15 is 0 Å². The van der Waals surface area contributed by atoms with Gasteiger partial charge >= 0.3 is 11.9 Å². The molecule has 2 aromatic rings. The number of carbonyl (C=O) groups excluding carboxylic acids is 3. The van der Waals surface area contributed by atoms with Crippen LogP contribution in [0.3, 0.4) is 0 Å². The smallest absolute Gasteiger partial charge is 0.338 e. The topological polar surface area (TPSA) is 108 Å². The van der Waals surface area contributed by atoms with Crippen molar-refractivity contribution in [1.29, 1.82) is 0 Å². The lowest BCUT2D eigenvalue weighted by atomic mass is 10.1. The van der Waals surface area contributed by atoms with Gasteiger partial charge in [0.2, 0.25) is 0 Å². The Bertz CT molecular complexity index is 800. The molecule has 0 saturated carbocycles. The Hall–Kier alpha value is -3.35. The van der Waals surface area contributed by atoms with Gasteiger partial charge in [-0.05, 0) is 48.9 Å². The molecule has 0 unspecified atom stereocenters. The van der Waals surface area contributed by atoms with Crippen LogP contribution in [0.1, 0.15) is 26.3 Å². The van der Waals surface area contributed by atoms with E-state index in [1.54, 1.807) is 31.2 Å². The molecule has 25 heavy (non-hydrogen) atoms. The molecule has 0 fully saturated rings. The number of nitrogens with two attached hydrogens (primary N) is 1. The van der Waals surface area contributed by atoms with E-state index < -0.39 is 24.5 Å². The zero-order valence-corrected chi connectivity index (χ0v) is 13.9. The zero-order valence-electron chi connectivity index (χ0n) is 13.9. The van der Waals surface area contributed by atoms with Crippen LogP contribution in [0.5, 0.6) is 0 Å². The summed E-state index contributed by atoms with van der Waals surface area (Å²) < 4.78 is 9.60. The molecule has 1 amide bonds. The number of ether oxygens (including phenoxy) is 2. The molecule has 3 N–H and O–H groups in total. The summed E-state index contributed by atoms with van der Waals surface area (Å²) in [5, 5.41) is 2.60. The minimum atomic E-state index is -0.629. The minimum absolute atomic E-state index is 0.297. The SMILES string of the molecule is COC(=O)c1ccc(C)c(NC(=O)COC(=O)c2ccc(N)cc2)c1. The summed E-state index contributed by atoms with van der Waals surface area (Å²) in [6, 6.07) is 10.9. The quantitative estimate of drug-likeness (QED) is 0.637. The number of rotatable bonds is 5. The van der Waals surface area contributed by atoms with Crippen molar-refractivity contribution in [3.8, 4) is 0 Å². The number of hydrogen-bond donors (Lipinski definition) is 2. The first kappa shape index (κ1) is 18.0. The highest BCUT2D eigenvalue weighted by molar-refractivity contribution is 5.97. The van der Waals surface area contributed by atoms with Gasteiger partial charge in [0, 0.05) is 11.4 Å². The number of anilines is 2. The molecule has 0 atom stereocenters. The molecular formula is C18H18N2O5. The number of hydrogen-bond acceptors (Lipinski definition) is 6. The first-order valence-electron chi connectivity index (χ1n) is 7.42. The van der Waals surface area contributed by atoms with Crippen LogP contribution in [0.4, 0.5) is 11.4 Å². The number of benzene rings is 2. The number of nitrogens with one attached hydrogen (secondary N) is 1. The van der Waals surface area contributed by atoms with E-state index in [0.717, 1.165) is 5.56 Å². The van der Waals surface area contributed by atoms with E-state index in [0.29, 0.717) is 22.5 Å². The van der Waals surface area contributed by atoms with Gasteiger partial charge in [-0.2, -0.15) is 0 Å². The fourth-order valence-electron chi connectivity index (χ4n) is 2.02. The van der Waals surface area contributed by atoms with Gasteiger partial charge in [0.1, 0.15) is 0 Å². The fraction of sp³-hybridized carbons (Fsp3) is 0.167. The van der Waals surface area contributed by atoms with Crippen molar-refractivity contribution in [2.45, 2.75) is 6.92 Å². The van der Waals surface area contributed by atoms with E-state index in [1.807, 2.05) is 0 Å². The van der Waals surface area contributed by atoms with Crippen molar-refractivity contribution in [2.24, 2.45) is 0 Å². The molecule has 130 valence electrons. The summed E-state index contributed by atoms with van der Waals surface area (Å²) in [6.07, 6.45) is 0. The van der Waals surface area contributed by atoms with Crippen LogP contribution in [-0.4, -0.2) is 31.6 Å². The van der Waals surface area contributed by atoms with Crippen LogP contribution < -0.4 is 11.1 Å². The zero-order chi connectivity index (χ0) is 18.4. The van der Waals surface area contributed by atoms with Crippen LogP contribution in [0.15, 0.2) is 42.5 Å². The van der Waals surface area contributed by atoms with Gasteiger partial charge in [-0.1, -0.05) is 6.07 Å². The maximum Gasteiger partial charge on any atom is 0.338 e. The second-order valence-electron chi connectivity index (χ2n) is 5.27. The molecule has 2 aromatic carbocycles. The molecule has 0 bridgehead atoms. The largest absolute Gasteiger partial charge is 0.465 e. The first-order valence-corrected chi connectivity index (χ1v) is 7.42. The molecule has 2 rings (SSSR count). The maximum atomic E-state index is 12.0. The summed E-state index contributed by atoms with van der Waals surface area (Å²) in [7, 11) is 1.27. The Morgan fingerprint density at radius 3 is 2.28 bits per heavy atom. The standard InChI is InChI=1S/C18H18N2O5/c1-11-3-4-13(17(22)24-2)9-15(11)20-16(21)10-25-18(23)12-5-7-14(19)8-6-12/h3-9H,10,19H2,1-2H3,(H,20,21). The van der Waals surface area contributed by atoms with Crippen molar-refractivity contribution >= 4 is 29.2 Å². The molecule has 7 nitrogen and oxygen atoms in total. The van der Waals surface area contributed by atoms with Crippen molar-refractivity contribution in [1.82, 2.24) is 0 Å². The third-order valence-corrected chi connectivity index (χ3v) is 3.41. The maximum absolute atomic E-state index is 12.0. The molecular weight excluding hydrogens is 324 g/mol. The lowest BCUT2D eigenvalue weighted by molar-refractivity contribution is -0.119. The van der Waals surface area contributed by atoms with Crippen LogP contribution in [0.2, 0.25) is 0 Å². The molecule has 0 aliphatic carbocycles. The molecule has 0 radical (unpaired) electrons. The number of esters is 2. The molecule has 0 aliphatic heterocycles. The van der Waals surface area contributed by atoms with Gasteiger partial charge in [0.15, 0.2) is 6.61 Å². The molecule has 0 saturated heterocycles. The monoisotopic (exact) mass is 342 g/mol. The van der Waals surface area contributed by atoms with Crippen molar-refractivity contribution in [3.63, 3.8) is 0 Å². The number of methoxy groups -OCH3 is 1. The first-order chi connectivity index (χ1) is 11.9. The Balaban J connectivity index is 1.97. The summed E-state index contributed by atoms with van der Waals surface area (Å²) in [4.78, 5) is 35.4. The molecule has 0 spiro atoms. The van der Waals surface area contributed by atoms with Crippen molar-refractivity contribution < 1.29 is 23.9 Å². The summed E-state index contributed by atoms with van der Waals surface area (Å²) in [5.41, 5.74) is 7.87. The van der Waals surface area contributed by atoms with Gasteiger partial charge in [-0.25, -0.2) is 9.59 Å². The molecule has 7 heteroatoms. The number of amides is 1. The average molecular weight is 342 g/mol. The second-order valence-corrected chi connectivity index (χ2v) is 5.27. The van der Waals surface area contributed by atoms with E-state index in [1.165, 1.54) is 25.3 Å². The molecule has 0 aromatic heterocycles. The van der Waals surface area contributed by atoms with Crippen LogP contribution in [-0.2, 0) is 14.3 Å².